The lowest BCUT2D eigenvalue weighted by Gasteiger charge is -2.26. The van der Waals surface area contributed by atoms with Crippen LogP contribution in [0.1, 0.15) is 65.5 Å². The third kappa shape index (κ3) is 9.13. The summed E-state index contributed by atoms with van der Waals surface area (Å²) < 4.78 is 97.7. The Labute approximate surface area is 291 Å². The molecule has 4 rings (SSSR count). The van der Waals surface area contributed by atoms with E-state index in [9.17, 15) is 39.3 Å². The number of anilines is 1. The predicted octanol–water partition coefficient (Wildman–Crippen LogP) is 6.58. The van der Waals surface area contributed by atoms with Gasteiger partial charge in [0.15, 0.2) is 16.8 Å². The normalized spacial score (nSPS) is 18.4. The fourth-order valence-electron chi connectivity index (χ4n) is 6.12. The molecular formula is C33H45N2O9S4+. The van der Waals surface area contributed by atoms with Gasteiger partial charge in [-0.1, -0.05) is 45.9 Å². The molecule has 0 aromatic heterocycles. The summed E-state index contributed by atoms with van der Waals surface area (Å²) in [5.41, 5.74) is 3.91. The van der Waals surface area contributed by atoms with Crippen molar-refractivity contribution in [1.29, 1.82) is 0 Å². The molecule has 0 aliphatic carbocycles. The van der Waals surface area contributed by atoms with Gasteiger partial charge in [0.2, 0.25) is 5.69 Å². The summed E-state index contributed by atoms with van der Waals surface area (Å²) in [7, 11) is -8.54. The summed E-state index contributed by atoms with van der Waals surface area (Å²) in [6, 6.07) is 10.0. The maximum Gasteiger partial charge on any atom is 0.294 e. The third-order valence-corrected chi connectivity index (χ3v) is 11.1. The zero-order valence-corrected chi connectivity index (χ0v) is 31.2. The first kappa shape index (κ1) is 39.8. The molecule has 48 heavy (non-hydrogen) atoms. The number of hydrogen-bond acceptors (Lipinski definition) is 8. The van der Waals surface area contributed by atoms with Crippen molar-refractivity contribution in [3.05, 3.63) is 83.6 Å². The van der Waals surface area contributed by atoms with Gasteiger partial charge in [-0.25, -0.2) is 4.21 Å². The Morgan fingerprint density at radius 2 is 1.60 bits per heavy atom. The van der Waals surface area contributed by atoms with Crippen LogP contribution in [0.3, 0.4) is 0 Å². The Bertz CT molecular complexity index is 1880. The number of rotatable bonds is 13. The van der Waals surface area contributed by atoms with Crippen LogP contribution in [-0.4, -0.2) is 74.1 Å². The molecule has 2 aromatic carbocycles. The van der Waals surface area contributed by atoms with Crippen LogP contribution in [0.25, 0.3) is 0 Å². The number of nitrogens with zero attached hydrogens (tertiary/aromatic N) is 2. The topological polar surface area (TPSA) is 173 Å². The molecule has 2 aromatic rings. The van der Waals surface area contributed by atoms with E-state index >= 15 is 0 Å². The van der Waals surface area contributed by atoms with Crippen LogP contribution in [0.4, 0.5) is 11.4 Å². The Kier molecular flexibility index (Phi) is 13.2. The molecule has 0 amide bonds. The molecule has 1 atom stereocenters. The van der Waals surface area contributed by atoms with Gasteiger partial charge in [0.05, 0.1) is 21.8 Å². The van der Waals surface area contributed by atoms with Gasteiger partial charge in [0, 0.05) is 64.4 Å². The predicted molar refractivity (Wildman–Crippen MR) is 193 cm³/mol. The van der Waals surface area contributed by atoms with Gasteiger partial charge in [0.25, 0.3) is 20.2 Å². The smallest absolute Gasteiger partial charge is 0.294 e. The van der Waals surface area contributed by atoms with Crippen molar-refractivity contribution in [3.63, 3.8) is 0 Å². The highest BCUT2D eigenvalue weighted by Crippen LogP contribution is 2.48. The monoisotopic (exact) mass is 741 g/mol. The van der Waals surface area contributed by atoms with Crippen molar-refractivity contribution in [1.82, 2.24) is 0 Å². The number of hydrogen-bond donors (Lipinski definition) is 4. The second-order valence-electron chi connectivity index (χ2n) is 12.2. The molecule has 4 N–H and O–H groups in total. The maximum absolute atomic E-state index is 11.9. The van der Waals surface area contributed by atoms with Gasteiger partial charge < -0.3 is 14.0 Å². The molecule has 0 spiro atoms. The Morgan fingerprint density at radius 1 is 0.917 bits per heavy atom. The Hall–Kier alpha value is -2.63. The van der Waals surface area contributed by atoms with E-state index in [0.29, 0.717) is 42.0 Å². The number of benzene rings is 2. The minimum absolute atomic E-state index is 0.0806. The van der Waals surface area contributed by atoms with Gasteiger partial charge in [-0.2, -0.15) is 21.4 Å². The van der Waals surface area contributed by atoms with E-state index in [1.165, 1.54) is 12.1 Å². The van der Waals surface area contributed by atoms with Gasteiger partial charge in [-0.15, -0.1) is 0 Å². The zero-order valence-electron chi connectivity index (χ0n) is 28.0. The van der Waals surface area contributed by atoms with Crippen LogP contribution < -0.4 is 4.90 Å². The molecule has 0 saturated carbocycles. The summed E-state index contributed by atoms with van der Waals surface area (Å²) in [6.07, 6.45) is 10.0. The van der Waals surface area contributed by atoms with Gasteiger partial charge in [-0.3, -0.25) is 9.11 Å². The largest absolute Gasteiger partial charge is 0.344 e. The van der Waals surface area contributed by atoms with E-state index in [2.05, 4.69) is 0 Å². The van der Waals surface area contributed by atoms with Crippen LogP contribution in [0, 0.1) is 0 Å². The van der Waals surface area contributed by atoms with Crippen molar-refractivity contribution in [2.45, 2.75) is 75.0 Å². The molecule has 15 heteroatoms. The maximum atomic E-state index is 11.9. The summed E-state index contributed by atoms with van der Waals surface area (Å²) in [4.78, 5) is 2.46. The molecular weight excluding hydrogens is 697 g/mol. The van der Waals surface area contributed by atoms with Crippen molar-refractivity contribution in [2.24, 2.45) is 0 Å². The lowest BCUT2D eigenvalue weighted by molar-refractivity contribution is -0.437. The first-order chi connectivity index (χ1) is 22.4. The molecule has 264 valence electrons. The van der Waals surface area contributed by atoms with Crippen molar-refractivity contribution < 1.29 is 43.8 Å². The summed E-state index contributed by atoms with van der Waals surface area (Å²) in [6.45, 7) is 12.7. The van der Waals surface area contributed by atoms with E-state index in [1.54, 1.807) is 12.1 Å². The highest BCUT2D eigenvalue weighted by Gasteiger charge is 2.44. The van der Waals surface area contributed by atoms with Crippen molar-refractivity contribution >= 4 is 60.4 Å². The second kappa shape index (κ2) is 15.9. The van der Waals surface area contributed by atoms with Gasteiger partial charge in [-0.05, 0) is 62.2 Å². The summed E-state index contributed by atoms with van der Waals surface area (Å²) in [5, 5.41) is 0. The van der Waals surface area contributed by atoms with Crippen LogP contribution in [0.15, 0.2) is 82.3 Å². The van der Waals surface area contributed by atoms with E-state index < -0.39 is 42.1 Å². The first-order valence-corrected chi connectivity index (χ1v) is 20.6. The number of allylic oxidation sites excluding steroid dienone is 6. The van der Waals surface area contributed by atoms with Crippen molar-refractivity contribution in [3.8, 4) is 0 Å². The van der Waals surface area contributed by atoms with Crippen molar-refractivity contribution in [2.75, 3.05) is 29.5 Å². The number of fused-ring (bicyclic) bond motifs is 2. The molecule has 0 bridgehead atoms. The van der Waals surface area contributed by atoms with E-state index in [4.69, 9.17) is 0 Å². The van der Waals surface area contributed by atoms with Crippen LogP contribution in [0.5, 0.6) is 0 Å². The standard InChI is InChI=1S/C31H38N2O9S4.C2H6/c1-30(2)24-20-22(43-34)12-14-26(24)33(17-9-19-45(37,38)39)28(30)10-6-5-7-11-29-31(3,4)25-21-23(46(40,41)42)13-15-27(25)32(29)16-8-18-44(35)36;1-2/h5-7,10-15,20-21H,8-9,16-19H2,1-4H3,(H3-,34,35,36,37,38,39,40,41,42);1-2H3/p+1. The Balaban J connectivity index is 0.00000307. The van der Waals surface area contributed by atoms with Crippen LogP contribution in [0.2, 0.25) is 0 Å². The van der Waals surface area contributed by atoms with Gasteiger partial charge >= 0.3 is 0 Å². The highest BCUT2D eigenvalue weighted by molar-refractivity contribution is 7.93. The third-order valence-electron chi connectivity index (χ3n) is 8.34. The minimum atomic E-state index is -4.42. The summed E-state index contributed by atoms with van der Waals surface area (Å²) in [5.74, 6) is -0.292. The van der Waals surface area contributed by atoms with Crippen LogP contribution in [-0.2, 0) is 42.1 Å². The van der Waals surface area contributed by atoms with E-state index in [-0.39, 0.29) is 22.8 Å². The molecule has 2 aliphatic rings. The fourth-order valence-corrected chi connectivity index (χ4v) is 7.79. The quantitative estimate of drug-likeness (QED) is 0.0574. The average Bonchev–Trinajstić information content (AvgIpc) is 3.34. The molecule has 0 saturated heterocycles. The SMILES string of the molecule is CC.CC1(C)C(/C=C/C=C/C=C2\N(CCCS(=O)O)c3ccc(S(=O)(=O)O)cc3C2(C)C)=[N+](CCCS(=O)(=O)O)c2ccc(SO)cc21. The van der Waals surface area contributed by atoms with E-state index in [1.807, 2.05) is 93.5 Å². The lowest BCUT2D eigenvalue weighted by Crippen LogP contribution is -2.28. The molecule has 2 aliphatic heterocycles. The Morgan fingerprint density at radius 3 is 2.21 bits per heavy atom. The average molecular weight is 742 g/mol. The first-order valence-electron chi connectivity index (χ1n) is 15.5. The highest BCUT2D eigenvalue weighted by atomic mass is 32.2. The van der Waals surface area contributed by atoms with Gasteiger partial charge in [0.1, 0.15) is 6.54 Å². The molecule has 1 unspecified atom stereocenters. The fraction of sp³-hybridized carbons (Fsp3) is 0.424. The van der Waals surface area contributed by atoms with E-state index in [0.717, 1.165) is 28.3 Å². The summed E-state index contributed by atoms with van der Waals surface area (Å²) >= 11 is -1.31. The zero-order chi connectivity index (χ0) is 36.1. The van der Waals surface area contributed by atoms with Crippen LogP contribution >= 0.6 is 12.0 Å². The minimum Gasteiger partial charge on any atom is -0.344 e. The molecule has 2 heterocycles. The molecule has 11 nitrogen and oxygen atoms in total. The molecule has 0 fully saturated rings. The lowest BCUT2D eigenvalue weighted by atomic mass is 9.81. The molecule has 0 radical (unpaired) electrons. The second-order valence-corrected chi connectivity index (χ2v) is 16.9.